The van der Waals surface area contributed by atoms with E-state index in [9.17, 15) is 4.79 Å². The zero-order chi connectivity index (χ0) is 18.5. The summed E-state index contributed by atoms with van der Waals surface area (Å²) >= 11 is 0. The molecule has 1 amide bonds. The highest BCUT2D eigenvalue weighted by Crippen LogP contribution is 2.31. The number of carbonyl (C=O) groups is 1. The molecule has 6 heteroatoms. The summed E-state index contributed by atoms with van der Waals surface area (Å²) in [6.45, 7) is 0.302. The number of nitrogens with one attached hydrogen (secondary N) is 1. The van der Waals surface area contributed by atoms with Crippen LogP contribution in [0.3, 0.4) is 0 Å². The first kappa shape index (κ1) is 17.5. The molecule has 1 atom stereocenters. The van der Waals surface area contributed by atoms with Crippen LogP contribution in [-0.4, -0.2) is 22.2 Å². The van der Waals surface area contributed by atoms with Crippen molar-refractivity contribution in [3.63, 3.8) is 0 Å². The molecule has 2 heterocycles. The third-order valence-electron chi connectivity index (χ3n) is 5.16. The van der Waals surface area contributed by atoms with E-state index in [0.29, 0.717) is 12.6 Å². The summed E-state index contributed by atoms with van der Waals surface area (Å²) in [6, 6.07) is 16.1. The van der Waals surface area contributed by atoms with Crippen LogP contribution >= 0.6 is 0 Å². The molecule has 3 aromatic rings. The summed E-state index contributed by atoms with van der Waals surface area (Å²) in [5.74, 6) is 1.58. The second-order valence-electron chi connectivity index (χ2n) is 6.99. The number of rotatable bonds is 7. The van der Waals surface area contributed by atoms with Gasteiger partial charge in [-0.3, -0.25) is 4.79 Å². The number of nitrogens with zero attached hydrogens (tertiary/aromatic N) is 2. The average Bonchev–Trinajstić information content (AvgIpc) is 3.45. The van der Waals surface area contributed by atoms with Crippen molar-refractivity contribution in [2.24, 2.45) is 0 Å². The third-order valence-corrected chi connectivity index (χ3v) is 5.16. The van der Waals surface area contributed by atoms with Gasteiger partial charge in [-0.1, -0.05) is 43.2 Å². The van der Waals surface area contributed by atoms with Gasteiger partial charge in [-0.2, -0.15) is 5.10 Å². The lowest BCUT2D eigenvalue weighted by Crippen LogP contribution is -2.87. The standard InChI is InChI=1S/C21H24N4O2/c26-20(24-19-12-13-23-25(19)17-9-4-5-10-17)15-22-21(18-11-6-14-27-18)16-7-2-1-3-8-16/h1-3,6-8,11-14,17,21-22H,4-5,9-10,15H2,(H,24,26)/p+1/t21-/m1/s1. The summed E-state index contributed by atoms with van der Waals surface area (Å²) in [7, 11) is 0. The number of benzene rings is 1. The Morgan fingerprint density at radius 1 is 1.19 bits per heavy atom. The van der Waals surface area contributed by atoms with E-state index < -0.39 is 0 Å². The van der Waals surface area contributed by atoms with Crippen molar-refractivity contribution >= 4 is 11.7 Å². The summed E-state index contributed by atoms with van der Waals surface area (Å²) in [5.41, 5.74) is 1.11. The monoisotopic (exact) mass is 365 g/mol. The highest BCUT2D eigenvalue weighted by Gasteiger charge is 2.23. The highest BCUT2D eigenvalue weighted by molar-refractivity contribution is 5.90. The minimum Gasteiger partial charge on any atom is -0.463 e. The fourth-order valence-electron chi connectivity index (χ4n) is 3.82. The molecule has 0 spiro atoms. The van der Waals surface area contributed by atoms with Gasteiger partial charge < -0.3 is 15.1 Å². The predicted octanol–water partition coefficient (Wildman–Crippen LogP) is 2.88. The molecule has 1 fully saturated rings. The molecule has 1 aliphatic carbocycles. The van der Waals surface area contributed by atoms with Gasteiger partial charge in [0.2, 0.25) is 0 Å². The van der Waals surface area contributed by atoms with Gasteiger partial charge in [-0.25, -0.2) is 4.68 Å². The van der Waals surface area contributed by atoms with Gasteiger partial charge in [0.1, 0.15) is 5.82 Å². The Balaban J connectivity index is 1.41. The van der Waals surface area contributed by atoms with E-state index in [1.165, 1.54) is 12.8 Å². The van der Waals surface area contributed by atoms with Crippen molar-refractivity contribution in [3.8, 4) is 0 Å². The van der Waals surface area contributed by atoms with Crippen LogP contribution in [0, 0.1) is 0 Å². The number of amides is 1. The largest absolute Gasteiger partial charge is 0.463 e. The van der Waals surface area contributed by atoms with Gasteiger partial charge in [0.15, 0.2) is 18.3 Å². The Morgan fingerprint density at radius 3 is 2.74 bits per heavy atom. The van der Waals surface area contributed by atoms with Crippen molar-refractivity contribution in [3.05, 3.63) is 72.3 Å². The summed E-state index contributed by atoms with van der Waals surface area (Å²) in [4.78, 5) is 12.6. The maximum Gasteiger partial charge on any atom is 0.280 e. The lowest BCUT2D eigenvalue weighted by molar-refractivity contribution is -0.678. The number of aromatic nitrogens is 2. The Kier molecular flexibility index (Phi) is 5.34. The molecule has 2 aromatic heterocycles. The molecule has 1 aliphatic rings. The normalized spacial score (nSPS) is 15.7. The van der Waals surface area contributed by atoms with Crippen LogP contribution in [0.2, 0.25) is 0 Å². The van der Waals surface area contributed by atoms with E-state index in [1.807, 2.05) is 46.4 Å². The molecule has 140 valence electrons. The molecule has 1 aromatic carbocycles. The van der Waals surface area contributed by atoms with E-state index in [4.69, 9.17) is 4.42 Å². The van der Waals surface area contributed by atoms with Gasteiger partial charge in [0, 0.05) is 11.6 Å². The molecule has 0 unspecified atom stereocenters. The number of carbonyl (C=O) groups excluding carboxylic acids is 1. The number of furan rings is 1. The summed E-state index contributed by atoms with van der Waals surface area (Å²) in [6.07, 6.45) is 8.14. The van der Waals surface area contributed by atoms with Crippen molar-refractivity contribution < 1.29 is 14.5 Å². The van der Waals surface area contributed by atoms with Gasteiger partial charge in [0.25, 0.3) is 5.91 Å². The fraction of sp³-hybridized carbons (Fsp3) is 0.333. The Bertz CT molecular complexity index is 851. The minimum atomic E-state index is -0.0494. The molecular formula is C21H25N4O2+. The minimum absolute atomic E-state index is 0.0396. The number of quaternary nitrogens is 1. The second kappa shape index (κ2) is 8.22. The topological polar surface area (TPSA) is 76.7 Å². The predicted molar refractivity (Wildman–Crippen MR) is 102 cm³/mol. The maximum absolute atomic E-state index is 12.6. The molecule has 0 bridgehead atoms. The van der Waals surface area contributed by atoms with Crippen LogP contribution in [0.15, 0.2) is 65.4 Å². The Morgan fingerprint density at radius 2 is 2.00 bits per heavy atom. The number of hydrogen-bond acceptors (Lipinski definition) is 3. The molecule has 0 saturated heterocycles. The first-order chi connectivity index (χ1) is 13.3. The van der Waals surface area contributed by atoms with E-state index in [0.717, 1.165) is 30.0 Å². The van der Waals surface area contributed by atoms with Gasteiger partial charge in [-0.15, -0.1) is 0 Å². The molecule has 4 rings (SSSR count). The first-order valence-electron chi connectivity index (χ1n) is 9.56. The number of anilines is 1. The SMILES string of the molecule is O=C(C[NH2+][C@H](c1ccccc1)c1ccco1)Nc1ccnn1C1CCCC1. The molecule has 0 aliphatic heterocycles. The van der Waals surface area contributed by atoms with Crippen LogP contribution in [0.5, 0.6) is 0 Å². The van der Waals surface area contributed by atoms with Gasteiger partial charge in [-0.05, 0) is 25.0 Å². The van der Waals surface area contributed by atoms with Crippen LogP contribution in [0.1, 0.15) is 49.1 Å². The third kappa shape index (κ3) is 4.11. The second-order valence-corrected chi connectivity index (χ2v) is 6.99. The van der Waals surface area contributed by atoms with E-state index in [-0.39, 0.29) is 11.9 Å². The van der Waals surface area contributed by atoms with Crippen LogP contribution in [0.4, 0.5) is 5.82 Å². The van der Waals surface area contributed by atoms with Gasteiger partial charge in [0.05, 0.1) is 18.5 Å². The number of hydrogen-bond donors (Lipinski definition) is 2. The molecule has 0 radical (unpaired) electrons. The first-order valence-corrected chi connectivity index (χ1v) is 9.56. The maximum atomic E-state index is 12.6. The Labute approximate surface area is 158 Å². The fourth-order valence-corrected chi connectivity index (χ4v) is 3.82. The molecule has 27 heavy (non-hydrogen) atoms. The zero-order valence-corrected chi connectivity index (χ0v) is 15.3. The van der Waals surface area contributed by atoms with Crippen molar-refractivity contribution in [2.75, 3.05) is 11.9 Å². The van der Waals surface area contributed by atoms with Crippen molar-refractivity contribution in [2.45, 2.75) is 37.8 Å². The van der Waals surface area contributed by atoms with Crippen LogP contribution < -0.4 is 10.6 Å². The molecule has 6 nitrogen and oxygen atoms in total. The molecular weight excluding hydrogens is 340 g/mol. The smallest absolute Gasteiger partial charge is 0.280 e. The van der Waals surface area contributed by atoms with E-state index in [2.05, 4.69) is 22.5 Å². The quantitative estimate of drug-likeness (QED) is 0.676. The van der Waals surface area contributed by atoms with E-state index in [1.54, 1.807) is 12.5 Å². The van der Waals surface area contributed by atoms with Crippen molar-refractivity contribution in [1.29, 1.82) is 0 Å². The van der Waals surface area contributed by atoms with Gasteiger partial charge >= 0.3 is 0 Å². The summed E-state index contributed by atoms with van der Waals surface area (Å²) in [5, 5.41) is 9.43. The summed E-state index contributed by atoms with van der Waals surface area (Å²) < 4.78 is 7.56. The molecule has 1 saturated carbocycles. The van der Waals surface area contributed by atoms with Crippen LogP contribution in [-0.2, 0) is 4.79 Å². The Hall–Kier alpha value is -2.86. The highest BCUT2D eigenvalue weighted by atomic mass is 16.3. The van der Waals surface area contributed by atoms with E-state index >= 15 is 0 Å². The van der Waals surface area contributed by atoms with Crippen LogP contribution in [0.25, 0.3) is 0 Å². The average molecular weight is 365 g/mol. The lowest BCUT2D eigenvalue weighted by atomic mass is 10.0. The lowest BCUT2D eigenvalue weighted by Gasteiger charge is -2.16. The molecule has 3 N–H and O–H groups in total. The van der Waals surface area contributed by atoms with Crippen molar-refractivity contribution in [1.82, 2.24) is 9.78 Å². The zero-order valence-electron chi connectivity index (χ0n) is 15.3. The number of nitrogens with two attached hydrogens (primary N) is 1.